The van der Waals surface area contributed by atoms with E-state index in [-0.39, 0.29) is 6.42 Å². The minimum absolute atomic E-state index is 0.175. The fourth-order valence-electron chi connectivity index (χ4n) is 2.44. The Hall–Kier alpha value is -0.970. The summed E-state index contributed by atoms with van der Waals surface area (Å²) < 4.78 is 0. The van der Waals surface area contributed by atoms with E-state index in [4.69, 9.17) is 34.0 Å². The molecule has 0 bridgehead atoms. The van der Waals surface area contributed by atoms with Crippen LogP contribution in [-0.2, 0) is 11.2 Å². The lowest BCUT2D eigenvalue weighted by atomic mass is 10.0. The van der Waals surface area contributed by atoms with Gasteiger partial charge in [-0.1, -0.05) is 29.3 Å². The van der Waals surface area contributed by atoms with Gasteiger partial charge in [0.25, 0.3) is 0 Å². The quantitative estimate of drug-likeness (QED) is 0.896. The van der Waals surface area contributed by atoms with E-state index in [0.29, 0.717) is 15.6 Å². The maximum absolute atomic E-state index is 10.8. The lowest BCUT2D eigenvalue weighted by Crippen LogP contribution is -2.32. The van der Waals surface area contributed by atoms with E-state index < -0.39 is 12.0 Å². The summed E-state index contributed by atoms with van der Waals surface area (Å²) in [6.45, 7) is 1.95. The molecule has 6 heteroatoms. The zero-order chi connectivity index (χ0) is 14.7. The van der Waals surface area contributed by atoms with E-state index in [1.807, 2.05) is 12.1 Å². The molecular formula is C14H18Cl2N2O2. The number of carbonyl (C=O) groups is 1. The topological polar surface area (TPSA) is 66.6 Å². The van der Waals surface area contributed by atoms with Crippen molar-refractivity contribution in [2.45, 2.75) is 31.7 Å². The summed E-state index contributed by atoms with van der Waals surface area (Å²) in [5, 5.41) is 9.75. The highest BCUT2D eigenvalue weighted by molar-refractivity contribution is 6.44. The highest BCUT2D eigenvalue weighted by Gasteiger charge is 2.20. The van der Waals surface area contributed by atoms with Gasteiger partial charge in [-0.05, 0) is 37.3 Å². The van der Waals surface area contributed by atoms with Gasteiger partial charge in [0.15, 0.2) is 0 Å². The summed E-state index contributed by atoms with van der Waals surface area (Å²) in [6.07, 6.45) is 3.72. The smallest absolute Gasteiger partial charge is 0.320 e. The molecular weight excluding hydrogens is 299 g/mol. The highest BCUT2D eigenvalue weighted by atomic mass is 35.5. The monoisotopic (exact) mass is 316 g/mol. The summed E-state index contributed by atoms with van der Waals surface area (Å²) in [6, 6.07) is 2.76. The van der Waals surface area contributed by atoms with Gasteiger partial charge in [-0.2, -0.15) is 0 Å². The highest BCUT2D eigenvalue weighted by Crippen LogP contribution is 2.36. The van der Waals surface area contributed by atoms with Crippen molar-refractivity contribution in [1.29, 1.82) is 0 Å². The van der Waals surface area contributed by atoms with Gasteiger partial charge >= 0.3 is 5.97 Å². The van der Waals surface area contributed by atoms with Crippen LogP contribution >= 0.6 is 23.2 Å². The van der Waals surface area contributed by atoms with Crippen molar-refractivity contribution in [3.8, 4) is 0 Å². The number of carboxylic acids is 1. The molecule has 1 aromatic carbocycles. The largest absolute Gasteiger partial charge is 0.480 e. The predicted molar refractivity (Wildman–Crippen MR) is 81.8 cm³/mol. The Labute approximate surface area is 128 Å². The van der Waals surface area contributed by atoms with E-state index in [2.05, 4.69) is 4.90 Å². The molecule has 1 fully saturated rings. The number of hydrogen-bond donors (Lipinski definition) is 2. The minimum Gasteiger partial charge on any atom is -0.480 e. The van der Waals surface area contributed by atoms with E-state index in [1.54, 1.807) is 0 Å². The molecule has 0 radical (unpaired) electrons. The first-order valence-corrected chi connectivity index (χ1v) is 7.46. The first-order chi connectivity index (χ1) is 9.50. The van der Waals surface area contributed by atoms with Crippen molar-refractivity contribution in [1.82, 2.24) is 0 Å². The molecule has 0 saturated carbocycles. The molecule has 0 spiro atoms. The van der Waals surface area contributed by atoms with Crippen molar-refractivity contribution in [3.05, 3.63) is 27.7 Å². The Morgan fingerprint density at radius 3 is 2.50 bits per heavy atom. The first-order valence-electron chi connectivity index (χ1n) is 6.71. The van der Waals surface area contributed by atoms with E-state index in [9.17, 15) is 4.79 Å². The van der Waals surface area contributed by atoms with Crippen LogP contribution in [0.4, 0.5) is 5.69 Å². The average Bonchev–Trinajstić information content (AvgIpc) is 2.45. The molecule has 1 aliphatic heterocycles. The molecule has 1 aliphatic rings. The van der Waals surface area contributed by atoms with Crippen LogP contribution in [0, 0.1) is 0 Å². The van der Waals surface area contributed by atoms with Gasteiger partial charge in [0, 0.05) is 13.1 Å². The molecule has 3 N–H and O–H groups in total. The van der Waals surface area contributed by atoms with Crippen molar-refractivity contribution in [3.63, 3.8) is 0 Å². The Morgan fingerprint density at radius 2 is 1.90 bits per heavy atom. The molecule has 20 heavy (non-hydrogen) atoms. The number of benzene rings is 1. The molecule has 0 amide bonds. The van der Waals surface area contributed by atoms with Crippen LogP contribution in [0.3, 0.4) is 0 Å². The van der Waals surface area contributed by atoms with E-state index in [1.165, 1.54) is 6.42 Å². The number of nitrogens with zero attached hydrogens (tertiary/aromatic N) is 1. The fourth-order valence-corrected chi connectivity index (χ4v) is 2.98. The van der Waals surface area contributed by atoms with Crippen molar-refractivity contribution in [2.75, 3.05) is 18.0 Å². The van der Waals surface area contributed by atoms with Gasteiger partial charge in [0.1, 0.15) is 6.04 Å². The third kappa shape index (κ3) is 3.37. The third-order valence-electron chi connectivity index (χ3n) is 3.60. The molecule has 110 valence electrons. The van der Waals surface area contributed by atoms with E-state index >= 15 is 0 Å². The summed E-state index contributed by atoms with van der Waals surface area (Å²) in [4.78, 5) is 13.0. The third-order valence-corrected chi connectivity index (χ3v) is 4.51. The van der Waals surface area contributed by atoms with Gasteiger partial charge in [-0.3, -0.25) is 4.79 Å². The fraction of sp³-hybridized carbons (Fsp3) is 0.500. The molecule has 0 aliphatic carbocycles. The van der Waals surface area contributed by atoms with Crippen LogP contribution in [0.15, 0.2) is 12.1 Å². The number of halogens is 2. The molecule has 1 unspecified atom stereocenters. The van der Waals surface area contributed by atoms with Gasteiger partial charge in [0.05, 0.1) is 15.7 Å². The Bertz CT molecular complexity index is 502. The first kappa shape index (κ1) is 15.4. The Morgan fingerprint density at radius 1 is 1.25 bits per heavy atom. The summed E-state index contributed by atoms with van der Waals surface area (Å²) in [7, 11) is 0. The molecule has 1 saturated heterocycles. The maximum atomic E-state index is 10.8. The van der Waals surface area contributed by atoms with Crippen LogP contribution in [0.2, 0.25) is 10.0 Å². The second kappa shape index (κ2) is 6.66. The number of carboxylic acid groups (broad SMARTS) is 1. The molecule has 4 nitrogen and oxygen atoms in total. The average molecular weight is 317 g/mol. The summed E-state index contributed by atoms with van der Waals surface area (Å²) in [5.41, 5.74) is 7.13. The van der Waals surface area contributed by atoms with Crippen LogP contribution in [0.5, 0.6) is 0 Å². The SMILES string of the molecule is NC(Cc1ccc(N2CCCCC2)c(Cl)c1Cl)C(=O)O. The van der Waals surface area contributed by atoms with Crippen molar-refractivity contribution >= 4 is 34.9 Å². The minimum atomic E-state index is -1.04. The molecule has 1 atom stereocenters. The lowest BCUT2D eigenvalue weighted by molar-refractivity contribution is -0.138. The molecule has 2 rings (SSSR count). The van der Waals surface area contributed by atoms with Crippen molar-refractivity contribution in [2.24, 2.45) is 5.73 Å². The lowest BCUT2D eigenvalue weighted by Gasteiger charge is -2.30. The zero-order valence-electron chi connectivity index (χ0n) is 11.1. The van der Waals surface area contributed by atoms with Gasteiger partial charge < -0.3 is 15.7 Å². The Balaban J connectivity index is 2.22. The number of nitrogens with two attached hydrogens (primary N) is 1. The second-order valence-corrected chi connectivity index (χ2v) is 5.82. The van der Waals surface area contributed by atoms with Gasteiger partial charge in [-0.15, -0.1) is 0 Å². The van der Waals surface area contributed by atoms with Crippen LogP contribution < -0.4 is 10.6 Å². The number of piperidine rings is 1. The van der Waals surface area contributed by atoms with E-state index in [0.717, 1.165) is 31.6 Å². The van der Waals surface area contributed by atoms with Crippen LogP contribution in [0.25, 0.3) is 0 Å². The number of anilines is 1. The number of aliphatic carboxylic acids is 1. The molecule has 1 heterocycles. The van der Waals surface area contributed by atoms with Crippen LogP contribution in [0.1, 0.15) is 24.8 Å². The number of hydrogen-bond acceptors (Lipinski definition) is 3. The second-order valence-electron chi connectivity index (χ2n) is 5.07. The molecule has 1 aromatic rings. The normalized spacial score (nSPS) is 17.1. The number of rotatable bonds is 4. The van der Waals surface area contributed by atoms with Crippen molar-refractivity contribution < 1.29 is 9.90 Å². The standard InChI is InChI=1S/C14H18Cl2N2O2/c15-12-9(8-10(17)14(19)20)4-5-11(13(12)16)18-6-2-1-3-7-18/h4-5,10H,1-3,6-8,17H2,(H,19,20). The van der Waals surface area contributed by atoms with Gasteiger partial charge in [0.2, 0.25) is 0 Å². The van der Waals surface area contributed by atoms with Gasteiger partial charge in [-0.25, -0.2) is 0 Å². The zero-order valence-corrected chi connectivity index (χ0v) is 12.6. The summed E-state index contributed by atoms with van der Waals surface area (Å²) in [5.74, 6) is -1.04. The Kier molecular flexibility index (Phi) is 5.13. The van der Waals surface area contributed by atoms with Crippen LogP contribution in [-0.4, -0.2) is 30.2 Å². The summed E-state index contributed by atoms with van der Waals surface area (Å²) >= 11 is 12.6. The maximum Gasteiger partial charge on any atom is 0.320 e. The predicted octanol–water partition coefficient (Wildman–Crippen LogP) is 2.94. The molecule has 0 aromatic heterocycles.